The number of aromatic nitrogens is 1. The predicted molar refractivity (Wildman–Crippen MR) is 82.3 cm³/mol. The van der Waals surface area contributed by atoms with Crippen LogP contribution < -0.4 is 10.1 Å². The zero-order valence-corrected chi connectivity index (χ0v) is 12.8. The van der Waals surface area contributed by atoms with Crippen molar-refractivity contribution in [3.8, 4) is 5.75 Å². The summed E-state index contributed by atoms with van der Waals surface area (Å²) in [4.78, 5) is 4.05. The number of nitrogens with one attached hydrogen (secondary N) is 1. The van der Waals surface area contributed by atoms with Gasteiger partial charge in [-0.1, -0.05) is 30.7 Å². The molecule has 1 aromatic carbocycles. The van der Waals surface area contributed by atoms with Gasteiger partial charge in [-0.15, -0.1) is 0 Å². The lowest BCUT2D eigenvalue weighted by Gasteiger charge is -2.21. The van der Waals surface area contributed by atoms with E-state index in [4.69, 9.17) is 16.3 Å². The Labute approximate surface area is 129 Å². The molecule has 3 nitrogen and oxygen atoms in total. The second-order valence-electron chi connectivity index (χ2n) is 4.64. The number of nitrogens with zero attached hydrogens (tertiary/aromatic N) is 1. The number of hydrogen-bond acceptors (Lipinski definition) is 3. The van der Waals surface area contributed by atoms with Gasteiger partial charge in [0.15, 0.2) is 0 Å². The van der Waals surface area contributed by atoms with Crippen molar-refractivity contribution in [2.45, 2.75) is 19.4 Å². The maximum absolute atomic E-state index is 14.1. The molecule has 0 spiro atoms. The summed E-state index contributed by atoms with van der Waals surface area (Å²) < 4.78 is 19.4. The second-order valence-corrected chi connectivity index (χ2v) is 5.05. The number of methoxy groups -OCH3 is 1. The fraction of sp³-hybridized carbons (Fsp3) is 0.312. The normalized spacial score (nSPS) is 12.2. The predicted octanol–water partition coefficient (Wildman–Crippen LogP) is 3.78. The molecule has 0 aliphatic rings. The molecule has 1 heterocycles. The van der Waals surface area contributed by atoms with Crippen LogP contribution in [0.2, 0.25) is 5.02 Å². The van der Waals surface area contributed by atoms with Crippen LogP contribution in [0.5, 0.6) is 5.75 Å². The second kappa shape index (κ2) is 7.38. The van der Waals surface area contributed by atoms with Crippen molar-refractivity contribution in [3.05, 3.63) is 58.6 Å². The van der Waals surface area contributed by atoms with Gasteiger partial charge in [-0.2, -0.15) is 0 Å². The third kappa shape index (κ3) is 3.71. The molecule has 2 rings (SSSR count). The van der Waals surface area contributed by atoms with Crippen molar-refractivity contribution in [2.24, 2.45) is 0 Å². The van der Waals surface area contributed by atoms with Gasteiger partial charge in [0, 0.05) is 17.8 Å². The van der Waals surface area contributed by atoms with E-state index >= 15 is 0 Å². The lowest BCUT2D eigenvalue weighted by molar-refractivity contribution is 0.396. The summed E-state index contributed by atoms with van der Waals surface area (Å²) in [7, 11) is 1.60. The number of rotatable bonds is 6. The largest absolute Gasteiger partial charge is 0.495 e. The Bertz CT molecular complexity index is 607. The summed E-state index contributed by atoms with van der Waals surface area (Å²) >= 11 is 5.85. The van der Waals surface area contributed by atoms with E-state index in [1.165, 1.54) is 0 Å². The molecule has 0 bridgehead atoms. The van der Waals surface area contributed by atoms with Gasteiger partial charge in [-0.25, -0.2) is 4.39 Å². The molecule has 0 amide bonds. The van der Waals surface area contributed by atoms with Crippen LogP contribution in [0.3, 0.4) is 0 Å². The molecule has 1 atom stereocenters. The average Bonchev–Trinajstić information content (AvgIpc) is 2.51. The van der Waals surface area contributed by atoms with Crippen LogP contribution >= 0.6 is 11.6 Å². The molecule has 1 aromatic heterocycles. The van der Waals surface area contributed by atoms with Gasteiger partial charge in [0.2, 0.25) is 0 Å². The number of benzene rings is 1. The molecule has 21 heavy (non-hydrogen) atoms. The number of ether oxygens (including phenoxy) is 1. The van der Waals surface area contributed by atoms with Crippen LogP contribution in [0.1, 0.15) is 24.1 Å². The van der Waals surface area contributed by atoms with Gasteiger partial charge < -0.3 is 10.1 Å². The van der Waals surface area contributed by atoms with Crippen molar-refractivity contribution < 1.29 is 9.13 Å². The van der Waals surface area contributed by atoms with Crippen LogP contribution in [-0.2, 0) is 6.42 Å². The van der Waals surface area contributed by atoms with E-state index in [1.807, 2.05) is 13.0 Å². The monoisotopic (exact) mass is 308 g/mol. The van der Waals surface area contributed by atoms with Crippen LogP contribution in [0, 0.1) is 5.82 Å². The highest BCUT2D eigenvalue weighted by atomic mass is 35.5. The molecule has 112 valence electrons. The van der Waals surface area contributed by atoms with Crippen LogP contribution in [-0.4, -0.2) is 18.6 Å². The third-order valence-electron chi connectivity index (χ3n) is 3.32. The Morgan fingerprint density at radius 1 is 1.38 bits per heavy atom. The fourth-order valence-electron chi connectivity index (χ4n) is 2.31. The lowest BCUT2D eigenvalue weighted by Crippen LogP contribution is -2.24. The molecule has 2 aromatic rings. The standard InChI is InChI=1S/C16H18ClFN2O/c1-3-20-14(12-7-8-19-10-15(12)21-2)9-11-5-4-6-13(17)16(11)18/h4-8,10,14,20H,3,9H2,1-2H3. The zero-order valence-electron chi connectivity index (χ0n) is 12.1. The Hall–Kier alpha value is -1.65. The molecule has 0 saturated carbocycles. The molecule has 5 heteroatoms. The molecular formula is C16H18ClFN2O. The Kier molecular flexibility index (Phi) is 5.53. The minimum atomic E-state index is -0.366. The Morgan fingerprint density at radius 2 is 2.19 bits per heavy atom. The van der Waals surface area contributed by atoms with Gasteiger partial charge >= 0.3 is 0 Å². The first-order chi connectivity index (χ1) is 10.2. The minimum Gasteiger partial charge on any atom is -0.495 e. The molecule has 1 N–H and O–H groups in total. The van der Waals surface area contributed by atoms with Crippen LogP contribution in [0.25, 0.3) is 0 Å². The van der Waals surface area contributed by atoms with Crippen LogP contribution in [0.4, 0.5) is 4.39 Å². The number of pyridine rings is 1. The molecule has 0 fully saturated rings. The Balaban J connectivity index is 2.33. The summed E-state index contributed by atoms with van der Waals surface area (Å²) in [5, 5.41) is 3.49. The summed E-state index contributed by atoms with van der Waals surface area (Å²) in [5.74, 6) is 0.320. The van der Waals surface area contributed by atoms with Crippen molar-refractivity contribution in [2.75, 3.05) is 13.7 Å². The molecule has 0 aliphatic carbocycles. The highest BCUT2D eigenvalue weighted by molar-refractivity contribution is 6.30. The first-order valence-electron chi connectivity index (χ1n) is 6.81. The van der Waals surface area contributed by atoms with Gasteiger partial charge in [0.1, 0.15) is 11.6 Å². The zero-order chi connectivity index (χ0) is 15.2. The van der Waals surface area contributed by atoms with Crippen molar-refractivity contribution in [1.82, 2.24) is 10.3 Å². The van der Waals surface area contributed by atoms with Crippen molar-refractivity contribution >= 4 is 11.6 Å². The van der Waals surface area contributed by atoms with Crippen molar-refractivity contribution in [3.63, 3.8) is 0 Å². The van der Waals surface area contributed by atoms with E-state index in [-0.39, 0.29) is 16.9 Å². The van der Waals surface area contributed by atoms with E-state index in [9.17, 15) is 4.39 Å². The average molecular weight is 309 g/mol. The summed E-state index contributed by atoms with van der Waals surface area (Å²) in [6, 6.07) is 6.87. The fourth-order valence-corrected chi connectivity index (χ4v) is 2.51. The highest BCUT2D eigenvalue weighted by Crippen LogP contribution is 2.28. The number of likely N-dealkylation sites (N-methyl/N-ethyl adjacent to an activating group) is 1. The van der Waals surface area contributed by atoms with Gasteiger partial charge in [0.25, 0.3) is 0 Å². The maximum atomic E-state index is 14.1. The third-order valence-corrected chi connectivity index (χ3v) is 3.61. The SMILES string of the molecule is CCNC(Cc1cccc(Cl)c1F)c1ccncc1OC. The molecule has 0 aliphatic heterocycles. The number of hydrogen-bond donors (Lipinski definition) is 1. The summed E-state index contributed by atoms with van der Waals surface area (Å²) in [6.07, 6.45) is 3.85. The number of halogens is 2. The van der Waals surface area contributed by atoms with Gasteiger partial charge in [-0.05, 0) is 30.7 Å². The first kappa shape index (κ1) is 15.7. The first-order valence-corrected chi connectivity index (χ1v) is 7.19. The topological polar surface area (TPSA) is 34.2 Å². The Morgan fingerprint density at radius 3 is 2.90 bits per heavy atom. The maximum Gasteiger partial charge on any atom is 0.145 e. The summed E-state index contributed by atoms with van der Waals surface area (Å²) in [5.41, 5.74) is 1.53. The van der Waals surface area contributed by atoms with E-state index < -0.39 is 0 Å². The molecule has 0 radical (unpaired) electrons. The van der Waals surface area contributed by atoms with E-state index in [2.05, 4.69) is 10.3 Å². The smallest absolute Gasteiger partial charge is 0.145 e. The van der Waals surface area contributed by atoms with E-state index in [0.717, 1.165) is 12.1 Å². The van der Waals surface area contributed by atoms with E-state index in [1.54, 1.807) is 37.7 Å². The highest BCUT2D eigenvalue weighted by Gasteiger charge is 2.18. The van der Waals surface area contributed by atoms with Crippen LogP contribution in [0.15, 0.2) is 36.7 Å². The van der Waals surface area contributed by atoms with Crippen molar-refractivity contribution in [1.29, 1.82) is 0 Å². The summed E-state index contributed by atoms with van der Waals surface area (Å²) in [6.45, 7) is 2.77. The van der Waals surface area contributed by atoms with Gasteiger partial charge in [0.05, 0.1) is 18.3 Å². The molecule has 1 unspecified atom stereocenters. The minimum absolute atomic E-state index is 0.0686. The molecule has 0 saturated heterocycles. The molecular weight excluding hydrogens is 291 g/mol. The lowest BCUT2D eigenvalue weighted by atomic mass is 9.98. The van der Waals surface area contributed by atoms with E-state index in [0.29, 0.717) is 17.7 Å². The van der Waals surface area contributed by atoms with Gasteiger partial charge in [-0.3, -0.25) is 4.98 Å². The quantitative estimate of drug-likeness (QED) is 0.882.